The van der Waals surface area contributed by atoms with Crippen LogP contribution in [-0.2, 0) is 28.6 Å². The van der Waals surface area contributed by atoms with Crippen molar-refractivity contribution in [2.45, 2.75) is 177 Å². The minimum Gasteiger partial charge on any atom is -0.478 e. The van der Waals surface area contributed by atoms with Crippen molar-refractivity contribution in [2.24, 2.45) is 11.8 Å². The molecule has 3 rings (SSSR count). The standard InChI is InChI=1S/C54H80N2O18/c1-5-47-45(61)24-25-49(74-47)73-41-19-17-15-13-11-9-7-6-8-10-12-14-16-18-34(2)50(64)35(3)36(4)72-48(63)30-39(58)28-38(57)21-23-44(60)46(62)29-40(59)31-54(70,71)27-26-37(20-22-41)55-53(69)56-32-42(51(65)66)43(33-56)52(67)68/h5-19,34-41,44-47,49-50,57-62,64,70-71H,1,20-33H2,2-4H3,(H,55,69)(H,65,66)(H,67,68)/b7-6+,10-8+,11-9+,14-12+,15-13+,18-16+,19-17+/t34-,35-,36-,37-,38+,39+,40-,41-,44+,45-,46+,47+,49+,50+/m0/s1. The normalized spacial score (nSPS) is 36.6. The Morgan fingerprint density at radius 2 is 1.24 bits per heavy atom. The van der Waals surface area contributed by atoms with Crippen LogP contribution in [0.5, 0.6) is 0 Å². The molecule has 0 bridgehead atoms. The largest absolute Gasteiger partial charge is 0.478 e. The van der Waals surface area contributed by atoms with Crippen LogP contribution in [0.4, 0.5) is 4.79 Å². The topological polar surface area (TPSA) is 334 Å². The van der Waals surface area contributed by atoms with Gasteiger partial charge in [0.05, 0.1) is 79.5 Å². The fraction of sp³-hybridized carbons (Fsp3) is 0.593. The van der Waals surface area contributed by atoms with Gasteiger partial charge in [0.1, 0.15) is 12.2 Å². The average molecular weight is 1050 g/mol. The van der Waals surface area contributed by atoms with Gasteiger partial charge in [-0.3, -0.25) is 4.79 Å². The maximum absolute atomic E-state index is 13.6. The molecule has 1 fully saturated rings. The van der Waals surface area contributed by atoms with E-state index in [0.717, 1.165) is 4.90 Å². The number of aliphatic hydroxyl groups excluding tert-OH is 7. The molecule has 2 amide bonds. The van der Waals surface area contributed by atoms with Crippen molar-refractivity contribution in [1.29, 1.82) is 0 Å². The van der Waals surface area contributed by atoms with Gasteiger partial charge in [-0.25, -0.2) is 14.4 Å². The number of hydrogen-bond acceptors (Lipinski definition) is 16. The van der Waals surface area contributed by atoms with Crippen LogP contribution in [0.15, 0.2) is 109 Å². The molecular formula is C54H80N2O18. The molecule has 74 heavy (non-hydrogen) atoms. The van der Waals surface area contributed by atoms with E-state index >= 15 is 0 Å². The van der Waals surface area contributed by atoms with E-state index in [1.165, 1.54) is 6.08 Å². The second-order valence-electron chi connectivity index (χ2n) is 19.4. The van der Waals surface area contributed by atoms with Crippen LogP contribution in [0.2, 0.25) is 0 Å². The first-order chi connectivity index (χ1) is 35.0. The molecule has 0 aliphatic carbocycles. The first kappa shape index (κ1) is 63.2. The predicted octanol–water partition coefficient (Wildman–Crippen LogP) is 3.14. The molecular weight excluding hydrogens is 965 g/mol. The number of cyclic esters (lactones) is 1. The molecule has 0 aromatic rings. The molecule has 14 atom stereocenters. The van der Waals surface area contributed by atoms with Crippen molar-refractivity contribution < 1.29 is 89.6 Å². The lowest BCUT2D eigenvalue weighted by Gasteiger charge is -2.34. The molecule has 0 aromatic heterocycles. The Balaban J connectivity index is 1.86. The Hall–Kier alpha value is -5.10. The summed E-state index contributed by atoms with van der Waals surface area (Å²) in [6.07, 6.45) is 13.2. The number of rotatable bonds is 6. The van der Waals surface area contributed by atoms with Crippen LogP contribution in [0.1, 0.15) is 97.8 Å². The first-order valence-electron chi connectivity index (χ1n) is 25.3. The molecule has 0 radical (unpaired) electrons. The summed E-state index contributed by atoms with van der Waals surface area (Å²) in [7, 11) is 0. The minimum atomic E-state index is -2.59. The lowest BCUT2D eigenvalue weighted by atomic mass is 9.89. The summed E-state index contributed by atoms with van der Waals surface area (Å²) in [6.45, 7) is 7.92. The van der Waals surface area contributed by atoms with Crippen LogP contribution in [0.25, 0.3) is 0 Å². The number of amides is 2. The quantitative estimate of drug-likeness (QED) is 0.103. The van der Waals surface area contributed by atoms with Crippen molar-refractivity contribution in [3.8, 4) is 0 Å². The Bertz CT molecular complexity index is 2020. The number of hydrogen-bond donors (Lipinski definition) is 12. The molecule has 3 heterocycles. The summed E-state index contributed by atoms with van der Waals surface area (Å²) >= 11 is 0. The van der Waals surface area contributed by atoms with E-state index in [4.69, 9.17) is 14.2 Å². The van der Waals surface area contributed by atoms with Gasteiger partial charge in [0.15, 0.2) is 12.1 Å². The lowest BCUT2D eigenvalue weighted by Crippen LogP contribution is -2.46. The zero-order valence-electron chi connectivity index (χ0n) is 42.6. The molecule has 0 unspecified atom stereocenters. The SMILES string of the molecule is C=C[C@H]1O[C@@H](O[C@H]2/C=C/C=C/C=C/C=C/C=C/C=C/C=C/[C@H](C)[C@@H](O)[C@@H](C)[C@H](C)OC(=O)C[C@H](O)C[C@H](O)CC[C@@H](O)[C@H](O)C[C@H](O)CC(O)(O)CC[C@@H](NC(=O)N3CC(C(=O)O)=C(C(=O)O)C3)CC2)CC[C@@H]1O. The van der Waals surface area contributed by atoms with Crippen LogP contribution < -0.4 is 5.32 Å². The highest BCUT2D eigenvalue weighted by atomic mass is 16.7. The number of allylic oxidation sites excluding steroid dienone is 12. The van der Waals surface area contributed by atoms with Crippen molar-refractivity contribution >= 4 is 23.9 Å². The fourth-order valence-electron chi connectivity index (χ4n) is 8.58. The second-order valence-corrected chi connectivity index (χ2v) is 19.4. The zero-order valence-corrected chi connectivity index (χ0v) is 42.6. The van der Waals surface area contributed by atoms with Gasteiger partial charge in [0, 0.05) is 43.6 Å². The van der Waals surface area contributed by atoms with E-state index in [1.807, 2.05) is 49.5 Å². The van der Waals surface area contributed by atoms with Crippen molar-refractivity contribution in [2.75, 3.05) is 13.1 Å². The monoisotopic (exact) mass is 1040 g/mol. The summed E-state index contributed by atoms with van der Waals surface area (Å²) in [5.41, 5.74) is -0.928. The number of nitrogens with one attached hydrogen (secondary N) is 1. The summed E-state index contributed by atoms with van der Waals surface area (Å²) in [5.74, 6) is -7.08. The minimum absolute atomic E-state index is 0.115. The number of aliphatic carboxylic acids is 2. The number of carboxylic acid groups (broad SMARTS) is 2. The average Bonchev–Trinajstić information content (AvgIpc) is 3.80. The van der Waals surface area contributed by atoms with Gasteiger partial charge in [0.2, 0.25) is 0 Å². The highest BCUT2D eigenvalue weighted by molar-refractivity contribution is 6.01. The zero-order chi connectivity index (χ0) is 55.0. The Kier molecular flexibility index (Phi) is 27.6. The number of nitrogens with zero attached hydrogens (tertiary/aromatic N) is 1. The molecule has 414 valence electrons. The van der Waals surface area contributed by atoms with Crippen molar-refractivity contribution in [3.05, 3.63) is 109 Å². The third-order valence-electron chi connectivity index (χ3n) is 13.2. The maximum atomic E-state index is 13.6. The molecule has 20 heteroatoms. The number of carbonyl (C=O) groups is 4. The fourth-order valence-corrected chi connectivity index (χ4v) is 8.58. The maximum Gasteiger partial charge on any atom is 0.334 e. The van der Waals surface area contributed by atoms with Crippen LogP contribution in [0.3, 0.4) is 0 Å². The molecule has 1 saturated heterocycles. The number of urea groups is 1. The van der Waals surface area contributed by atoms with E-state index < -0.39 is 159 Å². The third kappa shape index (κ3) is 23.2. The summed E-state index contributed by atoms with van der Waals surface area (Å²) in [4.78, 5) is 50.9. The van der Waals surface area contributed by atoms with Gasteiger partial charge in [-0.1, -0.05) is 105 Å². The summed E-state index contributed by atoms with van der Waals surface area (Å²) in [5, 5.41) is 119. The number of carbonyl (C=O) groups excluding carboxylic acids is 2. The highest BCUT2D eigenvalue weighted by Gasteiger charge is 2.36. The Morgan fingerprint density at radius 3 is 1.81 bits per heavy atom. The van der Waals surface area contributed by atoms with Gasteiger partial charge in [-0.05, 0) is 51.9 Å². The first-order valence-corrected chi connectivity index (χ1v) is 25.3. The number of carboxylic acids is 2. The smallest absolute Gasteiger partial charge is 0.334 e. The second kappa shape index (κ2) is 32.4. The van der Waals surface area contributed by atoms with E-state index in [1.54, 1.807) is 56.4 Å². The van der Waals surface area contributed by atoms with Gasteiger partial charge in [-0.15, -0.1) is 6.58 Å². The highest BCUT2D eigenvalue weighted by Crippen LogP contribution is 2.27. The number of ether oxygens (including phenoxy) is 3. The van der Waals surface area contributed by atoms with Crippen LogP contribution in [0, 0.1) is 11.8 Å². The summed E-state index contributed by atoms with van der Waals surface area (Å²) < 4.78 is 17.7. The van der Waals surface area contributed by atoms with Crippen molar-refractivity contribution in [3.63, 3.8) is 0 Å². The van der Waals surface area contributed by atoms with Crippen LogP contribution in [-0.4, -0.2) is 177 Å². The molecule has 12 N–H and O–H groups in total. The molecule has 3 aliphatic heterocycles. The molecule has 20 nitrogen and oxygen atoms in total. The molecule has 0 saturated carbocycles. The van der Waals surface area contributed by atoms with E-state index in [2.05, 4.69) is 11.9 Å². The lowest BCUT2D eigenvalue weighted by molar-refractivity contribution is -0.221. The summed E-state index contributed by atoms with van der Waals surface area (Å²) in [6, 6.07) is -1.70. The Labute approximate surface area is 433 Å². The molecule has 0 aromatic carbocycles. The Morgan fingerprint density at radius 1 is 0.689 bits per heavy atom. The van der Waals surface area contributed by atoms with Crippen LogP contribution >= 0.6 is 0 Å². The van der Waals surface area contributed by atoms with Crippen molar-refractivity contribution in [1.82, 2.24) is 10.2 Å². The molecule has 0 spiro atoms. The van der Waals surface area contributed by atoms with Gasteiger partial charge >= 0.3 is 23.9 Å². The molecule has 3 aliphatic rings. The number of esters is 1. The number of aliphatic hydroxyl groups is 9. The van der Waals surface area contributed by atoms with E-state index in [9.17, 15) is 75.3 Å². The third-order valence-corrected chi connectivity index (χ3v) is 13.2. The van der Waals surface area contributed by atoms with E-state index in [-0.39, 0.29) is 44.4 Å². The van der Waals surface area contributed by atoms with Gasteiger partial charge < -0.3 is 80.6 Å². The predicted molar refractivity (Wildman–Crippen MR) is 272 cm³/mol. The van der Waals surface area contributed by atoms with Gasteiger partial charge in [0.25, 0.3) is 0 Å². The van der Waals surface area contributed by atoms with Gasteiger partial charge in [-0.2, -0.15) is 0 Å². The van der Waals surface area contributed by atoms with E-state index in [0.29, 0.717) is 12.8 Å².